The van der Waals surface area contributed by atoms with Crippen molar-refractivity contribution >= 4 is 11.9 Å². The number of hydrogen-bond donors (Lipinski definition) is 1. The summed E-state index contributed by atoms with van der Waals surface area (Å²) >= 11 is 0. The lowest BCUT2D eigenvalue weighted by molar-refractivity contribution is -0.152. The Kier molecular flexibility index (Phi) is 34.8. The van der Waals surface area contributed by atoms with E-state index in [9.17, 15) is 14.7 Å². The molecule has 0 aliphatic carbocycles. The molecular formula is C43H64O5. The quantitative estimate of drug-likeness (QED) is 0.0471. The second kappa shape index (κ2) is 37.8. The molecule has 0 unspecified atom stereocenters. The lowest BCUT2D eigenvalue weighted by atomic mass is 10.2. The normalized spacial score (nSPS) is 13.6. The Bertz CT molecular complexity index is 1060. The van der Waals surface area contributed by atoms with Gasteiger partial charge in [-0.2, -0.15) is 0 Å². The zero-order valence-electron chi connectivity index (χ0n) is 29.9. The van der Waals surface area contributed by atoms with Gasteiger partial charge in [-0.15, -0.1) is 0 Å². The molecule has 0 aliphatic rings. The summed E-state index contributed by atoms with van der Waals surface area (Å²) in [5.74, 6) is -0.723. The summed E-state index contributed by atoms with van der Waals surface area (Å²) in [5, 5.41) is 9.98. The molecule has 0 radical (unpaired) electrons. The topological polar surface area (TPSA) is 72.8 Å². The van der Waals surface area contributed by atoms with Crippen LogP contribution in [0.3, 0.4) is 0 Å². The summed E-state index contributed by atoms with van der Waals surface area (Å²) in [6.45, 7) is 3.93. The zero-order valence-corrected chi connectivity index (χ0v) is 29.9. The van der Waals surface area contributed by atoms with Gasteiger partial charge in [-0.1, -0.05) is 135 Å². The van der Waals surface area contributed by atoms with Crippen molar-refractivity contribution in [1.82, 2.24) is 0 Å². The zero-order chi connectivity index (χ0) is 35.0. The number of esters is 2. The third-order valence-electron chi connectivity index (χ3n) is 6.71. The molecular weight excluding hydrogens is 596 g/mol. The molecule has 0 rings (SSSR count). The lowest BCUT2D eigenvalue weighted by Gasteiger charge is -2.11. The van der Waals surface area contributed by atoms with E-state index in [0.717, 1.165) is 83.5 Å². The molecule has 0 aliphatic heterocycles. The summed E-state index contributed by atoms with van der Waals surface area (Å²) in [6.07, 6.45) is 55.4. The minimum atomic E-state index is -1.02. The van der Waals surface area contributed by atoms with E-state index in [-0.39, 0.29) is 31.6 Å². The summed E-state index contributed by atoms with van der Waals surface area (Å²) in [5.41, 5.74) is 0. The fourth-order valence-electron chi connectivity index (χ4n) is 4.04. The fraction of sp³-hybridized carbons (Fsp3) is 0.488. The van der Waals surface area contributed by atoms with Gasteiger partial charge in [0, 0.05) is 12.8 Å². The van der Waals surface area contributed by atoms with Crippen LogP contribution in [0.2, 0.25) is 0 Å². The van der Waals surface area contributed by atoms with Crippen LogP contribution < -0.4 is 0 Å². The van der Waals surface area contributed by atoms with Gasteiger partial charge in [0.15, 0.2) is 0 Å². The van der Waals surface area contributed by atoms with Crippen LogP contribution in [0.15, 0.2) is 122 Å². The second-order valence-corrected chi connectivity index (χ2v) is 11.2. The molecule has 0 bridgehead atoms. The molecule has 0 aromatic carbocycles. The number of carbonyl (C=O) groups excluding carboxylic acids is 2. The van der Waals surface area contributed by atoms with Crippen LogP contribution in [0.1, 0.15) is 117 Å². The number of rotatable bonds is 30. The summed E-state index contributed by atoms with van der Waals surface area (Å²) < 4.78 is 10.2. The van der Waals surface area contributed by atoms with Crippen molar-refractivity contribution < 1.29 is 24.2 Å². The van der Waals surface area contributed by atoms with E-state index >= 15 is 0 Å². The number of hydrogen-bond acceptors (Lipinski definition) is 5. The largest absolute Gasteiger partial charge is 0.463 e. The molecule has 0 aromatic rings. The van der Waals surface area contributed by atoms with Gasteiger partial charge in [-0.3, -0.25) is 9.59 Å². The Hall–Kier alpha value is -3.70. The van der Waals surface area contributed by atoms with Crippen molar-refractivity contribution in [3.05, 3.63) is 122 Å². The highest BCUT2D eigenvalue weighted by molar-refractivity contribution is 5.70. The van der Waals surface area contributed by atoms with Crippen LogP contribution in [0, 0.1) is 0 Å². The van der Waals surface area contributed by atoms with Crippen molar-refractivity contribution in [3.63, 3.8) is 0 Å². The molecule has 0 fully saturated rings. The minimum Gasteiger partial charge on any atom is -0.463 e. The molecule has 5 heteroatoms. The van der Waals surface area contributed by atoms with Gasteiger partial charge in [0.2, 0.25) is 0 Å². The van der Waals surface area contributed by atoms with Gasteiger partial charge in [-0.25, -0.2) is 0 Å². The average molecular weight is 661 g/mol. The fourth-order valence-corrected chi connectivity index (χ4v) is 4.04. The van der Waals surface area contributed by atoms with E-state index in [1.54, 1.807) is 0 Å². The van der Waals surface area contributed by atoms with Crippen LogP contribution >= 0.6 is 0 Å². The van der Waals surface area contributed by atoms with Crippen LogP contribution in [-0.4, -0.2) is 36.4 Å². The first-order chi connectivity index (χ1) is 23.6. The molecule has 5 nitrogen and oxygen atoms in total. The summed E-state index contributed by atoms with van der Waals surface area (Å²) in [7, 11) is 0. The Balaban J connectivity index is 3.70. The van der Waals surface area contributed by atoms with E-state index in [2.05, 4.69) is 123 Å². The number of carbonyl (C=O) groups is 2. The Labute approximate surface area is 293 Å². The van der Waals surface area contributed by atoms with E-state index in [4.69, 9.17) is 9.47 Å². The van der Waals surface area contributed by atoms with Gasteiger partial charge in [0.1, 0.15) is 19.3 Å². The van der Waals surface area contributed by atoms with Gasteiger partial charge in [0.05, 0.1) is 0 Å². The first-order valence-electron chi connectivity index (χ1n) is 18.1. The average Bonchev–Trinajstić information content (AvgIpc) is 3.09. The van der Waals surface area contributed by atoms with Gasteiger partial charge >= 0.3 is 11.9 Å². The van der Waals surface area contributed by atoms with Gasteiger partial charge < -0.3 is 14.6 Å². The molecule has 1 N–H and O–H groups in total. The van der Waals surface area contributed by atoms with Gasteiger partial charge in [-0.05, 0) is 89.9 Å². The standard InChI is InChI=1S/C43H64O5/c1-3-5-7-9-11-13-15-17-19-20-21-22-24-26-28-30-32-34-36-38-43(46)48-40-41(44)39-47-42(45)37-35-33-31-29-27-25-23-18-16-14-12-10-8-6-4-2/h5-8,11-14,17-19,21-23,26-29,32,34,41,44H,3-4,9-10,15-16,20,24-25,30-31,33,35-40H2,1-2H3/b7-5-,8-6-,13-11-,14-12-,19-17-,22-21-,23-18-,28-26-,29-27-,34-32-/t41-/m1/s1. The number of aliphatic hydroxyl groups is 1. The van der Waals surface area contributed by atoms with Gasteiger partial charge in [0.25, 0.3) is 0 Å². The number of unbranched alkanes of at least 4 members (excludes halogenated alkanes) is 2. The third kappa shape index (κ3) is 36.8. The van der Waals surface area contributed by atoms with Crippen LogP contribution in [0.5, 0.6) is 0 Å². The minimum absolute atomic E-state index is 0.171. The van der Waals surface area contributed by atoms with Crippen molar-refractivity contribution in [2.24, 2.45) is 0 Å². The lowest BCUT2D eigenvalue weighted by Crippen LogP contribution is -2.25. The Morgan fingerprint density at radius 2 is 0.750 bits per heavy atom. The van der Waals surface area contributed by atoms with Crippen LogP contribution in [0.4, 0.5) is 0 Å². The van der Waals surface area contributed by atoms with E-state index in [1.165, 1.54) is 0 Å². The maximum atomic E-state index is 11.9. The molecule has 1 atom stereocenters. The number of aliphatic hydroxyl groups excluding tert-OH is 1. The number of ether oxygens (including phenoxy) is 2. The molecule has 266 valence electrons. The van der Waals surface area contributed by atoms with E-state index in [0.29, 0.717) is 12.8 Å². The van der Waals surface area contributed by atoms with E-state index in [1.807, 2.05) is 12.2 Å². The summed E-state index contributed by atoms with van der Waals surface area (Å²) in [6, 6.07) is 0. The molecule has 0 spiro atoms. The highest BCUT2D eigenvalue weighted by Gasteiger charge is 2.11. The van der Waals surface area contributed by atoms with E-state index < -0.39 is 6.10 Å². The van der Waals surface area contributed by atoms with Crippen molar-refractivity contribution in [1.29, 1.82) is 0 Å². The molecule has 0 heterocycles. The monoisotopic (exact) mass is 660 g/mol. The predicted octanol–water partition coefficient (Wildman–Crippen LogP) is 11.3. The van der Waals surface area contributed by atoms with Crippen LogP contribution in [0.25, 0.3) is 0 Å². The highest BCUT2D eigenvalue weighted by Crippen LogP contribution is 2.05. The number of allylic oxidation sites excluding steroid dienone is 20. The Morgan fingerprint density at radius 1 is 0.438 bits per heavy atom. The van der Waals surface area contributed by atoms with Crippen molar-refractivity contribution in [2.45, 2.75) is 123 Å². The first-order valence-corrected chi connectivity index (χ1v) is 18.1. The molecule has 0 saturated carbocycles. The molecule has 0 amide bonds. The third-order valence-corrected chi connectivity index (χ3v) is 6.71. The smallest absolute Gasteiger partial charge is 0.306 e. The highest BCUT2D eigenvalue weighted by atomic mass is 16.6. The summed E-state index contributed by atoms with van der Waals surface area (Å²) in [4.78, 5) is 23.8. The predicted molar refractivity (Wildman–Crippen MR) is 205 cm³/mol. The first kappa shape index (κ1) is 44.3. The maximum absolute atomic E-state index is 11.9. The molecule has 0 aromatic heterocycles. The molecule has 0 saturated heterocycles. The Morgan fingerprint density at radius 3 is 1.12 bits per heavy atom. The second-order valence-electron chi connectivity index (χ2n) is 11.2. The van der Waals surface area contributed by atoms with Crippen LogP contribution in [-0.2, 0) is 19.1 Å². The van der Waals surface area contributed by atoms with Crippen molar-refractivity contribution in [3.8, 4) is 0 Å². The van der Waals surface area contributed by atoms with Crippen molar-refractivity contribution in [2.75, 3.05) is 13.2 Å². The SMILES string of the molecule is CC/C=C\C/C=C\C/C=C\C/C=C\C/C=C\C/C=C\CCC(=O)OC[C@H](O)COC(=O)CCCC/C=C\C/C=C\C/C=C\C/C=C\CC. The maximum Gasteiger partial charge on any atom is 0.306 e. The molecule has 48 heavy (non-hydrogen) atoms.